The number of nitrogens with two attached hydrogens (primary N) is 2. The molecule has 9 nitrogen and oxygen atoms in total. The third-order valence-corrected chi connectivity index (χ3v) is 5.82. The molecule has 2 fully saturated rings. The quantitative estimate of drug-likeness (QED) is 0.459. The smallest absolute Gasteiger partial charge is 0.246 e. The number of nitrogens with one attached hydrogen (secondary N) is 2. The van der Waals surface area contributed by atoms with Crippen LogP contribution >= 0.6 is 0 Å². The van der Waals surface area contributed by atoms with Crippen LogP contribution in [-0.2, 0) is 25.6 Å². The topological polar surface area (TPSA) is 148 Å². The number of rotatable bonds is 7. The van der Waals surface area contributed by atoms with Gasteiger partial charge in [0.1, 0.15) is 18.1 Å². The van der Waals surface area contributed by atoms with E-state index >= 15 is 0 Å². The SMILES string of the molecule is C[C@H](N)C(=O)N[C@H]1CC[C@H]2CC[C@@H](C(=O)N[C@H](Cc3ccccc3)C(N)=O)N2C1=O. The van der Waals surface area contributed by atoms with Crippen molar-refractivity contribution in [2.24, 2.45) is 11.5 Å². The molecule has 30 heavy (non-hydrogen) atoms. The molecule has 0 bridgehead atoms. The molecule has 6 N–H and O–H groups in total. The summed E-state index contributed by atoms with van der Waals surface area (Å²) in [5.41, 5.74) is 12.0. The van der Waals surface area contributed by atoms with Gasteiger partial charge in [-0.2, -0.15) is 0 Å². The third-order valence-electron chi connectivity index (χ3n) is 5.82. The van der Waals surface area contributed by atoms with Gasteiger partial charge >= 0.3 is 0 Å². The fourth-order valence-corrected chi connectivity index (χ4v) is 4.20. The summed E-state index contributed by atoms with van der Waals surface area (Å²) in [6.07, 6.45) is 2.71. The highest BCUT2D eigenvalue weighted by molar-refractivity contribution is 5.95. The van der Waals surface area contributed by atoms with Crippen molar-refractivity contribution in [3.8, 4) is 0 Å². The van der Waals surface area contributed by atoms with Gasteiger partial charge in [-0.1, -0.05) is 30.3 Å². The molecular formula is C21H29N5O4. The van der Waals surface area contributed by atoms with Crippen LogP contribution in [0.5, 0.6) is 0 Å². The lowest BCUT2D eigenvalue weighted by molar-refractivity contribution is -0.146. The molecule has 0 spiro atoms. The molecule has 3 rings (SSSR count). The van der Waals surface area contributed by atoms with Crippen molar-refractivity contribution >= 4 is 23.6 Å². The molecule has 1 aromatic rings. The van der Waals surface area contributed by atoms with Crippen molar-refractivity contribution in [3.63, 3.8) is 0 Å². The molecule has 4 amide bonds. The highest BCUT2D eigenvalue weighted by atomic mass is 16.2. The largest absolute Gasteiger partial charge is 0.368 e. The molecule has 0 radical (unpaired) electrons. The lowest BCUT2D eigenvalue weighted by Crippen LogP contribution is -2.61. The van der Waals surface area contributed by atoms with E-state index in [9.17, 15) is 19.2 Å². The van der Waals surface area contributed by atoms with Gasteiger partial charge in [-0.15, -0.1) is 0 Å². The van der Waals surface area contributed by atoms with Gasteiger partial charge in [0.2, 0.25) is 23.6 Å². The molecule has 162 valence electrons. The Labute approximate surface area is 175 Å². The normalized spacial score (nSPS) is 25.2. The first kappa shape index (κ1) is 21.8. The zero-order chi connectivity index (χ0) is 21.8. The average Bonchev–Trinajstić information content (AvgIpc) is 3.15. The number of carbonyl (C=O) groups excluding carboxylic acids is 4. The van der Waals surface area contributed by atoms with Crippen LogP contribution in [-0.4, -0.2) is 58.7 Å². The average molecular weight is 415 g/mol. The first-order valence-corrected chi connectivity index (χ1v) is 10.3. The predicted octanol–water partition coefficient (Wildman–Crippen LogP) is -0.815. The molecule has 2 saturated heterocycles. The molecule has 2 aliphatic heterocycles. The van der Waals surface area contributed by atoms with Gasteiger partial charge in [0.05, 0.1) is 6.04 Å². The van der Waals surface area contributed by atoms with Crippen molar-refractivity contribution in [1.82, 2.24) is 15.5 Å². The maximum atomic E-state index is 13.0. The lowest BCUT2D eigenvalue weighted by atomic mass is 9.97. The molecule has 0 aromatic heterocycles. The Morgan fingerprint density at radius 1 is 1.13 bits per heavy atom. The Kier molecular flexibility index (Phi) is 6.71. The first-order valence-electron chi connectivity index (χ1n) is 10.3. The van der Waals surface area contributed by atoms with Gasteiger partial charge in [0.15, 0.2) is 0 Å². The van der Waals surface area contributed by atoms with E-state index in [-0.39, 0.29) is 18.4 Å². The number of benzene rings is 1. The van der Waals surface area contributed by atoms with Crippen molar-refractivity contribution in [2.45, 2.75) is 69.2 Å². The summed E-state index contributed by atoms with van der Waals surface area (Å²) in [6, 6.07) is 6.26. The summed E-state index contributed by atoms with van der Waals surface area (Å²) in [5, 5.41) is 5.39. The van der Waals surface area contributed by atoms with E-state index in [0.717, 1.165) is 5.56 Å². The van der Waals surface area contributed by atoms with Crippen LogP contribution in [0, 0.1) is 0 Å². The number of hydrogen-bond acceptors (Lipinski definition) is 5. The van der Waals surface area contributed by atoms with Crippen molar-refractivity contribution in [2.75, 3.05) is 0 Å². The van der Waals surface area contributed by atoms with Crippen LogP contribution in [0.15, 0.2) is 30.3 Å². The minimum absolute atomic E-state index is 0.0437. The van der Waals surface area contributed by atoms with E-state index in [2.05, 4.69) is 10.6 Å². The van der Waals surface area contributed by atoms with E-state index in [1.807, 2.05) is 30.3 Å². The Balaban J connectivity index is 1.68. The number of nitrogens with zero attached hydrogens (tertiary/aromatic N) is 1. The van der Waals surface area contributed by atoms with Gasteiger partial charge in [0, 0.05) is 12.5 Å². The zero-order valence-electron chi connectivity index (χ0n) is 17.0. The molecule has 0 aliphatic carbocycles. The van der Waals surface area contributed by atoms with E-state index in [1.54, 1.807) is 11.8 Å². The number of carbonyl (C=O) groups is 4. The number of fused-ring (bicyclic) bond motifs is 1. The monoisotopic (exact) mass is 415 g/mol. The molecule has 0 saturated carbocycles. The molecule has 2 heterocycles. The Morgan fingerprint density at radius 2 is 1.80 bits per heavy atom. The van der Waals surface area contributed by atoms with Crippen LogP contribution < -0.4 is 22.1 Å². The fourth-order valence-electron chi connectivity index (χ4n) is 4.20. The van der Waals surface area contributed by atoms with Crippen molar-refractivity contribution in [1.29, 1.82) is 0 Å². The second-order valence-corrected chi connectivity index (χ2v) is 8.07. The Bertz CT molecular complexity index is 813. The fraction of sp³-hybridized carbons (Fsp3) is 0.524. The second kappa shape index (κ2) is 9.25. The lowest BCUT2D eigenvalue weighted by Gasteiger charge is -2.38. The minimum Gasteiger partial charge on any atom is -0.368 e. The summed E-state index contributed by atoms with van der Waals surface area (Å²) < 4.78 is 0. The number of amides is 4. The highest BCUT2D eigenvalue weighted by Crippen LogP contribution is 2.32. The molecule has 5 atom stereocenters. The Morgan fingerprint density at radius 3 is 2.43 bits per heavy atom. The first-order chi connectivity index (χ1) is 14.3. The summed E-state index contributed by atoms with van der Waals surface area (Å²) in [5.74, 6) is -1.71. The van der Waals surface area contributed by atoms with E-state index in [4.69, 9.17) is 11.5 Å². The summed E-state index contributed by atoms with van der Waals surface area (Å²) in [7, 11) is 0. The maximum Gasteiger partial charge on any atom is 0.246 e. The van der Waals surface area contributed by atoms with Crippen LogP contribution in [0.1, 0.15) is 38.2 Å². The standard InChI is InChI=1S/C21H29N5O4/c1-12(22)19(28)24-15-9-7-14-8-10-17(26(14)21(15)30)20(29)25-16(18(23)27)11-13-5-3-2-4-6-13/h2-6,12,14-17H,7-11,22H2,1H3,(H2,23,27)(H,24,28)(H,25,29)/t12-,14-,15-,16+,17-/m0/s1. The molecule has 9 heteroatoms. The van der Waals surface area contributed by atoms with E-state index in [0.29, 0.717) is 25.7 Å². The zero-order valence-corrected chi connectivity index (χ0v) is 17.0. The van der Waals surface area contributed by atoms with E-state index in [1.165, 1.54) is 0 Å². The molecule has 2 aliphatic rings. The van der Waals surface area contributed by atoms with Gasteiger partial charge in [0.25, 0.3) is 0 Å². The van der Waals surface area contributed by atoms with Crippen LogP contribution in [0.3, 0.4) is 0 Å². The van der Waals surface area contributed by atoms with Crippen LogP contribution in [0.4, 0.5) is 0 Å². The highest BCUT2D eigenvalue weighted by Gasteiger charge is 2.46. The Hall–Kier alpha value is -2.94. The van der Waals surface area contributed by atoms with Crippen molar-refractivity contribution in [3.05, 3.63) is 35.9 Å². The summed E-state index contributed by atoms with van der Waals surface area (Å²) >= 11 is 0. The summed E-state index contributed by atoms with van der Waals surface area (Å²) in [4.78, 5) is 51.3. The minimum atomic E-state index is -0.868. The maximum absolute atomic E-state index is 13.0. The summed E-state index contributed by atoms with van der Waals surface area (Å²) in [6.45, 7) is 1.55. The van der Waals surface area contributed by atoms with Gasteiger partial charge in [-0.25, -0.2) is 0 Å². The predicted molar refractivity (Wildman–Crippen MR) is 110 cm³/mol. The number of piperidine rings is 1. The van der Waals surface area contributed by atoms with Gasteiger partial charge in [-0.05, 0) is 38.2 Å². The molecule has 1 aromatic carbocycles. The van der Waals surface area contributed by atoms with Crippen LogP contribution in [0.25, 0.3) is 0 Å². The number of hydrogen-bond donors (Lipinski definition) is 4. The molecule has 0 unspecified atom stereocenters. The number of primary amides is 1. The van der Waals surface area contributed by atoms with Gasteiger partial charge in [-0.3, -0.25) is 19.2 Å². The van der Waals surface area contributed by atoms with E-state index < -0.39 is 41.9 Å². The second-order valence-electron chi connectivity index (χ2n) is 8.07. The van der Waals surface area contributed by atoms with Crippen LogP contribution in [0.2, 0.25) is 0 Å². The molecular weight excluding hydrogens is 386 g/mol. The van der Waals surface area contributed by atoms with Crippen molar-refractivity contribution < 1.29 is 19.2 Å². The van der Waals surface area contributed by atoms with Gasteiger partial charge < -0.3 is 27.0 Å². The third kappa shape index (κ3) is 4.79.